The summed E-state index contributed by atoms with van der Waals surface area (Å²) in [6.07, 6.45) is -4.41. The number of halogens is 3. The maximum atomic E-state index is 11.7. The van der Waals surface area contributed by atoms with Crippen molar-refractivity contribution in [2.75, 3.05) is 13.2 Å². The van der Waals surface area contributed by atoms with Crippen LogP contribution in [0.1, 0.15) is 13.3 Å². The molecular weight excluding hydrogens is 157 g/mol. The average molecular weight is 168 g/mol. The quantitative estimate of drug-likeness (QED) is 0.463. The van der Waals surface area contributed by atoms with Crippen molar-refractivity contribution < 1.29 is 17.9 Å². The molecule has 0 radical (unpaired) electrons. The van der Waals surface area contributed by atoms with Gasteiger partial charge < -0.3 is 4.74 Å². The molecule has 0 saturated heterocycles. The fourth-order valence-electron chi connectivity index (χ4n) is 0.481. The molecule has 0 atom stereocenters. The number of hydrogen-bond acceptors (Lipinski definition) is 1. The highest BCUT2D eigenvalue weighted by molar-refractivity contribution is 5.01. The van der Waals surface area contributed by atoms with Crippen LogP contribution in [0.4, 0.5) is 13.2 Å². The predicted octanol–water partition coefficient (Wildman–Crippen LogP) is 2.53. The smallest absolute Gasteiger partial charge is 0.381 e. The second-order valence-electron chi connectivity index (χ2n) is 2.05. The number of hydrogen-bond donors (Lipinski definition) is 0. The van der Waals surface area contributed by atoms with Gasteiger partial charge in [0.25, 0.3) is 0 Å². The molecule has 0 aromatic carbocycles. The van der Waals surface area contributed by atoms with E-state index in [1.165, 1.54) is 0 Å². The van der Waals surface area contributed by atoms with Gasteiger partial charge >= 0.3 is 6.18 Å². The van der Waals surface area contributed by atoms with Gasteiger partial charge in [0.2, 0.25) is 0 Å². The van der Waals surface area contributed by atoms with Gasteiger partial charge in [-0.05, 0) is 6.92 Å². The van der Waals surface area contributed by atoms with Crippen molar-refractivity contribution in [1.29, 1.82) is 0 Å². The first kappa shape index (κ1) is 10.5. The predicted molar refractivity (Wildman–Crippen MR) is 36.3 cm³/mol. The Balaban J connectivity index is 3.54. The van der Waals surface area contributed by atoms with E-state index in [9.17, 15) is 13.2 Å². The van der Waals surface area contributed by atoms with Gasteiger partial charge in [-0.25, -0.2) is 0 Å². The molecule has 11 heavy (non-hydrogen) atoms. The Labute approximate surface area is 63.8 Å². The Bertz CT molecular complexity index is 128. The van der Waals surface area contributed by atoms with Gasteiger partial charge in [0.1, 0.15) is 0 Å². The summed E-state index contributed by atoms with van der Waals surface area (Å²) in [6, 6.07) is 0. The maximum Gasteiger partial charge on any atom is 0.412 e. The molecule has 0 aromatic rings. The van der Waals surface area contributed by atoms with E-state index < -0.39 is 11.7 Å². The lowest BCUT2D eigenvalue weighted by molar-refractivity contribution is -0.0952. The van der Waals surface area contributed by atoms with Crippen LogP contribution in [-0.4, -0.2) is 19.4 Å². The second kappa shape index (κ2) is 4.38. The zero-order chi connectivity index (χ0) is 8.91. The van der Waals surface area contributed by atoms with Crippen LogP contribution < -0.4 is 0 Å². The van der Waals surface area contributed by atoms with E-state index >= 15 is 0 Å². The van der Waals surface area contributed by atoms with Crippen LogP contribution >= 0.6 is 0 Å². The Morgan fingerprint density at radius 2 is 2.00 bits per heavy atom. The Kier molecular flexibility index (Phi) is 4.18. The third kappa shape index (κ3) is 4.84. The van der Waals surface area contributed by atoms with E-state index in [1.54, 1.807) is 6.92 Å². The molecule has 0 aliphatic heterocycles. The summed E-state index contributed by atoms with van der Waals surface area (Å²) in [7, 11) is 0. The number of ether oxygens (including phenoxy) is 1. The lowest BCUT2D eigenvalue weighted by Gasteiger charge is -2.08. The molecular formula is C7H11F3O. The van der Waals surface area contributed by atoms with Gasteiger partial charge in [-0.1, -0.05) is 6.58 Å². The summed E-state index contributed by atoms with van der Waals surface area (Å²) < 4.78 is 39.9. The molecule has 0 aliphatic rings. The summed E-state index contributed by atoms with van der Waals surface area (Å²) >= 11 is 0. The van der Waals surface area contributed by atoms with Crippen molar-refractivity contribution in [3.8, 4) is 0 Å². The fourth-order valence-corrected chi connectivity index (χ4v) is 0.481. The Hall–Kier alpha value is -0.510. The molecule has 0 unspecified atom stereocenters. The van der Waals surface area contributed by atoms with Crippen LogP contribution in [0, 0.1) is 0 Å². The zero-order valence-electron chi connectivity index (χ0n) is 6.37. The van der Waals surface area contributed by atoms with Crippen molar-refractivity contribution in [3.05, 3.63) is 12.2 Å². The minimum absolute atomic E-state index is 0.0921. The van der Waals surface area contributed by atoms with Gasteiger partial charge in [0.15, 0.2) is 0 Å². The first-order chi connectivity index (χ1) is 4.98. The Morgan fingerprint density at radius 3 is 2.36 bits per heavy atom. The van der Waals surface area contributed by atoms with Gasteiger partial charge in [-0.2, -0.15) is 13.2 Å². The molecule has 4 heteroatoms. The normalized spacial score (nSPS) is 11.6. The number of alkyl halides is 3. The summed E-state index contributed by atoms with van der Waals surface area (Å²) in [6.45, 7) is 5.15. The SMILES string of the molecule is C=C(CCOCC)C(F)(F)F. The largest absolute Gasteiger partial charge is 0.412 e. The van der Waals surface area contributed by atoms with E-state index in [-0.39, 0.29) is 13.0 Å². The monoisotopic (exact) mass is 168 g/mol. The summed E-state index contributed by atoms with van der Waals surface area (Å²) in [5.74, 6) is 0. The Morgan fingerprint density at radius 1 is 1.45 bits per heavy atom. The molecule has 0 saturated carbocycles. The van der Waals surface area contributed by atoms with E-state index in [4.69, 9.17) is 4.74 Å². The second-order valence-corrected chi connectivity index (χ2v) is 2.05. The van der Waals surface area contributed by atoms with Crippen LogP contribution in [0.15, 0.2) is 12.2 Å². The van der Waals surface area contributed by atoms with Gasteiger partial charge in [0, 0.05) is 18.6 Å². The first-order valence-corrected chi connectivity index (χ1v) is 3.31. The molecule has 0 N–H and O–H groups in total. The average Bonchev–Trinajstić information content (AvgIpc) is 1.86. The molecule has 0 amide bonds. The molecule has 1 nitrogen and oxygen atoms in total. The van der Waals surface area contributed by atoms with E-state index in [0.29, 0.717) is 6.61 Å². The van der Waals surface area contributed by atoms with E-state index in [0.717, 1.165) is 0 Å². The maximum absolute atomic E-state index is 11.7. The molecule has 0 aliphatic carbocycles. The fraction of sp³-hybridized carbons (Fsp3) is 0.714. The van der Waals surface area contributed by atoms with Crippen molar-refractivity contribution in [2.24, 2.45) is 0 Å². The van der Waals surface area contributed by atoms with Crippen molar-refractivity contribution in [2.45, 2.75) is 19.5 Å². The lowest BCUT2D eigenvalue weighted by atomic mass is 10.2. The van der Waals surface area contributed by atoms with Crippen LogP contribution in [0.25, 0.3) is 0 Å². The molecule has 66 valence electrons. The molecule has 0 spiro atoms. The molecule has 0 rings (SSSR count). The molecule has 0 fully saturated rings. The highest BCUT2D eigenvalue weighted by Gasteiger charge is 2.30. The van der Waals surface area contributed by atoms with Gasteiger partial charge in [0.05, 0.1) is 6.61 Å². The van der Waals surface area contributed by atoms with E-state index in [2.05, 4.69) is 6.58 Å². The molecule has 0 heterocycles. The molecule has 0 bridgehead atoms. The first-order valence-electron chi connectivity index (χ1n) is 3.31. The van der Waals surface area contributed by atoms with Gasteiger partial charge in [-0.3, -0.25) is 0 Å². The van der Waals surface area contributed by atoms with E-state index in [1.807, 2.05) is 0 Å². The summed E-state index contributed by atoms with van der Waals surface area (Å²) in [4.78, 5) is 0. The van der Waals surface area contributed by atoms with Crippen LogP contribution in [0.3, 0.4) is 0 Å². The van der Waals surface area contributed by atoms with Crippen LogP contribution in [-0.2, 0) is 4.74 Å². The summed E-state index contributed by atoms with van der Waals surface area (Å²) in [5, 5.41) is 0. The van der Waals surface area contributed by atoms with Crippen molar-refractivity contribution >= 4 is 0 Å². The van der Waals surface area contributed by atoms with Crippen LogP contribution in [0.5, 0.6) is 0 Å². The van der Waals surface area contributed by atoms with Crippen molar-refractivity contribution in [1.82, 2.24) is 0 Å². The van der Waals surface area contributed by atoms with Crippen LogP contribution in [0.2, 0.25) is 0 Å². The standard InChI is InChI=1S/C7H11F3O/c1-3-11-5-4-6(2)7(8,9)10/h2-5H2,1H3. The third-order valence-electron chi connectivity index (χ3n) is 1.15. The highest BCUT2D eigenvalue weighted by Crippen LogP contribution is 2.26. The minimum Gasteiger partial charge on any atom is -0.381 e. The minimum atomic E-state index is -4.27. The highest BCUT2D eigenvalue weighted by atomic mass is 19.4. The zero-order valence-corrected chi connectivity index (χ0v) is 6.37. The lowest BCUT2D eigenvalue weighted by Crippen LogP contribution is -2.12. The molecule has 0 aromatic heterocycles. The summed E-state index contributed by atoms with van der Waals surface area (Å²) in [5.41, 5.74) is -0.731. The topological polar surface area (TPSA) is 9.23 Å². The third-order valence-corrected chi connectivity index (χ3v) is 1.15. The van der Waals surface area contributed by atoms with Gasteiger partial charge in [-0.15, -0.1) is 0 Å². The number of rotatable bonds is 4. The van der Waals surface area contributed by atoms with Crippen molar-refractivity contribution in [3.63, 3.8) is 0 Å².